The minimum atomic E-state index is -0.313. The van der Waals surface area contributed by atoms with Gasteiger partial charge in [0, 0.05) is 19.2 Å². The van der Waals surface area contributed by atoms with Gasteiger partial charge in [0.25, 0.3) is 5.91 Å². The first-order valence-corrected chi connectivity index (χ1v) is 7.16. The molecule has 0 atom stereocenters. The zero-order valence-corrected chi connectivity index (χ0v) is 12.0. The third-order valence-corrected chi connectivity index (χ3v) is 3.56. The number of rotatable bonds is 3. The van der Waals surface area contributed by atoms with Crippen LogP contribution >= 0.6 is 0 Å². The Bertz CT molecular complexity index is 728. The van der Waals surface area contributed by atoms with Crippen LogP contribution in [0.3, 0.4) is 0 Å². The van der Waals surface area contributed by atoms with Gasteiger partial charge in [0.05, 0.1) is 17.8 Å². The number of imidazole rings is 1. The number of aryl methyl sites for hydroxylation is 2. The van der Waals surface area contributed by atoms with Crippen LogP contribution in [0.1, 0.15) is 40.3 Å². The molecule has 0 fully saturated rings. The average Bonchev–Trinajstić information content (AvgIpc) is 2.99. The lowest BCUT2D eigenvalue weighted by Crippen LogP contribution is -2.18. The number of hydrogen-bond acceptors (Lipinski definition) is 4. The maximum atomic E-state index is 12.0. The normalized spacial score (nSPS) is 13.6. The first kappa shape index (κ1) is 14.0. The number of nitriles is 1. The second-order valence-corrected chi connectivity index (χ2v) is 5.13. The van der Waals surface area contributed by atoms with Crippen molar-refractivity contribution < 1.29 is 4.79 Å². The lowest BCUT2D eigenvalue weighted by molar-refractivity contribution is 0.0950. The monoisotopic (exact) mass is 293 g/mol. The molecule has 1 aromatic carbocycles. The fraction of sp³-hybridized carbons (Fsp3) is 0.250. The van der Waals surface area contributed by atoms with Crippen molar-refractivity contribution in [3.05, 3.63) is 53.1 Å². The molecule has 0 saturated heterocycles. The minimum Gasteiger partial charge on any atom is -0.334 e. The number of carbonyl (C=O) groups is 1. The summed E-state index contributed by atoms with van der Waals surface area (Å²) in [5.41, 5.74) is 4.27. The van der Waals surface area contributed by atoms with Gasteiger partial charge in [0.2, 0.25) is 0 Å². The highest BCUT2D eigenvalue weighted by molar-refractivity contribution is 5.93. The van der Waals surface area contributed by atoms with E-state index in [1.807, 2.05) is 10.6 Å². The van der Waals surface area contributed by atoms with Crippen LogP contribution in [0.15, 0.2) is 35.6 Å². The van der Waals surface area contributed by atoms with Crippen molar-refractivity contribution in [1.82, 2.24) is 15.0 Å². The van der Waals surface area contributed by atoms with E-state index in [2.05, 4.69) is 15.5 Å². The lowest BCUT2D eigenvalue weighted by atomic mass is 10.2. The maximum absolute atomic E-state index is 12.0. The summed E-state index contributed by atoms with van der Waals surface area (Å²) in [5, 5.41) is 12.6. The molecule has 1 aromatic heterocycles. The van der Waals surface area contributed by atoms with Crippen LogP contribution in [-0.4, -0.2) is 21.7 Å². The van der Waals surface area contributed by atoms with Gasteiger partial charge in [0.15, 0.2) is 0 Å². The van der Waals surface area contributed by atoms with E-state index in [0.29, 0.717) is 11.3 Å². The number of carbonyl (C=O) groups excluding carboxylic acids is 1. The molecule has 22 heavy (non-hydrogen) atoms. The summed E-state index contributed by atoms with van der Waals surface area (Å²) in [6, 6.07) is 8.99. The van der Waals surface area contributed by atoms with Gasteiger partial charge >= 0.3 is 0 Å². The van der Waals surface area contributed by atoms with Crippen molar-refractivity contribution in [3.8, 4) is 6.07 Å². The van der Waals surface area contributed by atoms with Gasteiger partial charge < -0.3 is 4.57 Å². The van der Waals surface area contributed by atoms with Gasteiger partial charge in [-0.3, -0.25) is 4.79 Å². The predicted octanol–water partition coefficient (Wildman–Crippen LogP) is 1.85. The third-order valence-electron chi connectivity index (χ3n) is 3.56. The SMILES string of the molecule is N#Cc1ccc(/C=N\NC(=O)c2cn3c(n2)CCCC3)cc1. The Hall–Kier alpha value is -2.94. The van der Waals surface area contributed by atoms with Crippen LogP contribution in [-0.2, 0) is 13.0 Å². The van der Waals surface area contributed by atoms with Crippen LogP contribution in [0.5, 0.6) is 0 Å². The van der Waals surface area contributed by atoms with E-state index in [1.165, 1.54) is 6.21 Å². The van der Waals surface area contributed by atoms with Crippen LogP contribution in [0.4, 0.5) is 0 Å². The highest BCUT2D eigenvalue weighted by Crippen LogP contribution is 2.14. The fourth-order valence-corrected chi connectivity index (χ4v) is 2.39. The maximum Gasteiger partial charge on any atom is 0.291 e. The third kappa shape index (κ3) is 3.04. The van der Waals surface area contributed by atoms with E-state index < -0.39 is 0 Å². The summed E-state index contributed by atoms with van der Waals surface area (Å²) < 4.78 is 2.03. The number of fused-ring (bicyclic) bond motifs is 1. The molecule has 2 aromatic rings. The molecule has 6 heteroatoms. The van der Waals surface area contributed by atoms with Gasteiger partial charge in [0.1, 0.15) is 11.5 Å². The number of nitrogens with zero attached hydrogens (tertiary/aromatic N) is 4. The molecule has 2 heterocycles. The van der Waals surface area contributed by atoms with E-state index in [0.717, 1.165) is 37.2 Å². The molecule has 1 N–H and O–H groups in total. The van der Waals surface area contributed by atoms with Crippen LogP contribution in [0.2, 0.25) is 0 Å². The standard InChI is InChI=1S/C16H15N5O/c17-9-12-4-6-13(7-5-12)10-18-20-16(22)14-11-21-8-2-1-3-15(21)19-14/h4-7,10-11H,1-3,8H2,(H,20,22)/b18-10-. The second kappa shape index (κ2) is 6.22. The molecule has 0 bridgehead atoms. The number of nitrogens with one attached hydrogen (secondary N) is 1. The highest BCUT2D eigenvalue weighted by Gasteiger charge is 2.16. The zero-order chi connectivity index (χ0) is 15.4. The summed E-state index contributed by atoms with van der Waals surface area (Å²) in [6.07, 6.45) is 6.48. The lowest BCUT2D eigenvalue weighted by Gasteiger charge is -2.11. The van der Waals surface area contributed by atoms with Crippen molar-refractivity contribution in [2.45, 2.75) is 25.8 Å². The Labute approximate surface area is 128 Å². The van der Waals surface area contributed by atoms with E-state index in [-0.39, 0.29) is 5.91 Å². The second-order valence-electron chi connectivity index (χ2n) is 5.13. The number of amides is 1. The van der Waals surface area contributed by atoms with Crippen LogP contribution in [0.25, 0.3) is 0 Å². The summed E-state index contributed by atoms with van der Waals surface area (Å²) in [4.78, 5) is 16.3. The first-order chi connectivity index (χ1) is 10.8. The molecule has 1 amide bonds. The van der Waals surface area contributed by atoms with Crippen molar-refractivity contribution in [2.75, 3.05) is 0 Å². The Morgan fingerprint density at radius 3 is 2.91 bits per heavy atom. The molecule has 110 valence electrons. The Balaban J connectivity index is 1.63. The summed E-state index contributed by atoms with van der Waals surface area (Å²) >= 11 is 0. The number of aromatic nitrogens is 2. The van der Waals surface area contributed by atoms with Crippen molar-refractivity contribution in [2.24, 2.45) is 5.10 Å². The molecule has 0 radical (unpaired) electrons. The molecule has 0 saturated carbocycles. The van der Waals surface area contributed by atoms with Gasteiger partial charge in [-0.1, -0.05) is 12.1 Å². The largest absolute Gasteiger partial charge is 0.334 e. The number of benzene rings is 1. The number of hydrogen-bond donors (Lipinski definition) is 1. The highest BCUT2D eigenvalue weighted by atomic mass is 16.2. The first-order valence-electron chi connectivity index (χ1n) is 7.16. The Morgan fingerprint density at radius 1 is 1.36 bits per heavy atom. The van der Waals surface area contributed by atoms with Gasteiger partial charge in [-0.2, -0.15) is 10.4 Å². The molecular formula is C16H15N5O. The molecule has 1 aliphatic heterocycles. The molecule has 0 aliphatic carbocycles. The summed E-state index contributed by atoms with van der Waals surface area (Å²) in [6.45, 7) is 0.921. The van der Waals surface area contributed by atoms with Gasteiger partial charge in [-0.15, -0.1) is 0 Å². The smallest absolute Gasteiger partial charge is 0.291 e. The molecule has 0 unspecified atom stereocenters. The van der Waals surface area contributed by atoms with Gasteiger partial charge in [-0.25, -0.2) is 10.4 Å². The fourth-order valence-electron chi connectivity index (χ4n) is 2.39. The average molecular weight is 293 g/mol. The summed E-state index contributed by atoms with van der Waals surface area (Å²) in [7, 11) is 0. The topological polar surface area (TPSA) is 83.1 Å². The van der Waals surface area contributed by atoms with E-state index in [9.17, 15) is 4.79 Å². The van der Waals surface area contributed by atoms with Gasteiger partial charge in [-0.05, 0) is 30.5 Å². The predicted molar refractivity (Wildman–Crippen MR) is 81.4 cm³/mol. The van der Waals surface area contributed by atoms with E-state index >= 15 is 0 Å². The van der Waals surface area contributed by atoms with Crippen molar-refractivity contribution in [3.63, 3.8) is 0 Å². The molecule has 3 rings (SSSR count). The molecule has 6 nitrogen and oxygen atoms in total. The van der Waals surface area contributed by atoms with Crippen LogP contribution < -0.4 is 5.43 Å². The number of hydrazone groups is 1. The molecular weight excluding hydrogens is 278 g/mol. The van der Waals surface area contributed by atoms with Crippen molar-refractivity contribution >= 4 is 12.1 Å². The summed E-state index contributed by atoms with van der Waals surface area (Å²) in [5.74, 6) is 0.652. The Morgan fingerprint density at radius 2 is 2.18 bits per heavy atom. The van der Waals surface area contributed by atoms with Crippen LogP contribution in [0, 0.1) is 11.3 Å². The van der Waals surface area contributed by atoms with E-state index in [1.54, 1.807) is 30.5 Å². The zero-order valence-electron chi connectivity index (χ0n) is 12.0. The minimum absolute atomic E-state index is 0.313. The quantitative estimate of drug-likeness (QED) is 0.692. The van der Waals surface area contributed by atoms with E-state index in [4.69, 9.17) is 5.26 Å². The Kier molecular flexibility index (Phi) is 3.97. The molecule has 1 aliphatic rings. The molecule has 0 spiro atoms. The van der Waals surface area contributed by atoms with Crippen molar-refractivity contribution in [1.29, 1.82) is 5.26 Å².